The van der Waals surface area contributed by atoms with Gasteiger partial charge in [-0.1, -0.05) is 12.1 Å². The minimum Gasteiger partial charge on any atom is -0.480 e. The molecule has 0 saturated carbocycles. The Balaban J connectivity index is 1.69. The van der Waals surface area contributed by atoms with E-state index in [-0.39, 0.29) is 31.3 Å². The summed E-state index contributed by atoms with van der Waals surface area (Å²) >= 11 is 3.17. The lowest BCUT2D eigenvalue weighted by Crippen LogP contribution is -2.41. The number of hydrogen-bond donors (Lipinski definition) is 2. The average Bonchev–Trinajstić information content (AvgIpc) is 2.61. The van der Waals surface area contributed by atoms with Crippen LogP contribution >= 0.6 is 15.9 Å². The van der Waals surface area contributed by atoms with Crippen molar-refractivity contribution in [2.75, 3.05) is 13.1 Å². The largest absolute Gasteiger partial charge is 0.480 e. The Morgan fingerprint density at radius 3 is 2.48 bits per heavy atom. The molecule has 2 aromatic rings. The molecule has 8 heteroatoms. The first-order valence-corrected chi connectivity index (χ1v) is 9.05. The molecular formula is C19H19BrF2N2O3. The van der Waals surface area contributed by atoms with Crippen LogP contribution in [0.15, 0.2) is 46.9 Å². The van der Waals surface area contributed by atoms with Crippen LogP contribution in [0.25, 0.3) is 0 Å². The average molecular weight is 441 g/mol. The van der Waals surface area contributed by atoms with Gasteiger partial charge in [0.15, 0.2) is 6.10 Å². The summed E-state index contributed by atoms with van der Waals surface area (Å²) in [5.74, 6) is -1.10. The quantitative estimate of drug-likeness (QED) is 0.620. The van der Waals surface area contributed by atoms with Crippen molar-refractivity contribution in [2.24, 2.45) is 0 Å². The van der Waals surface area contributed by atoms with Crippen LogP contribution in [0.1, 0.15) is 12.5 Å². The topological polar surface area (TPSA) is 67.4 Å². The monoisotopic (exact) mass is 440 g/mol. The molecule has 0 aliphatic rings. The Labute approximate surface area is 164 Å². The van der Waals surface area contributed by atoms with E-state index in [1.54, 1.807) is 19.1 Å². The van der Waals surface area contributed by atoms with Gasteiger partial charge in [0.2, 0.25) is 5.91 Å². The highest BCUT2D eigenvalue weighted by Crippen LogP contribution is 2.26. The van der Waals surface area contributed by atoms with Crippen LogP contribution in [-0.2, 0) is 16.0 Å². The number of benzene rings is 2. The molecule has 0 fully saturated rings. The summed E-state index contributed by atoms with van der Waals surface area (Å²) in [5, 5.41) is 5.28. The number of ether oxygens (including phenoxy) is 1. The van der Waals surface area contributed by atoms with E-state index in [9.17, 15) is 18.4 Å². The first kappa shape index (κ1) is 20.8. The number of halogens is 3. The fourth-order valence-electron chi connectivity index (χ4n) is 2.24. The molecule has 2 amide bonds. The van der Waals surface area contributed by atoms with Crippen molar-refractivity contribution in [3.05, 3.63) is 64.1 Å². The Morgan fingerprint density at radius 1 is 1.07 bits per heavy atom. The zero-order chi connectivity index (χ0) is 19.8. The summed E-state index contributed by atoms with van der Waals surface area (Å²) in [4.78, 5) is 23.8. The molecule has 27 heavy (non-hydrogen) atoms. The third-order valence-corrected chi connectivity index (χ3v) is 4.19. The van der Waals surface area contributed by atoms with Crippen LogP contribution in [0.3, 0.4) is 0 Å². The van der Waals surface area contributed by atoms with Crippen LogP contribution < -0.4 is 15.4 Å². The number of nitrogens with one attached hydrogen (secondary N) is 2. The smallest absolute Gasteiger partial charge is 0.260 e. The fraction of sp³-hybridized carbons (Fsp3) is 0.263. The van der Waals surface area contributed by atoms with Gasteiger partial charge in [-0.05, 0) is 58.7 Å². The van der Waals surface area contributed by atoms with Gasteiger partial charge in [0.05, 0.1) is 10.9 Å². The lowest BCUT2D eigenvalue weighted by atomic mass is 10.1. The van der Waals surface area contributed by atoms with Crippen molar-refractivity contribution >= 4 is 27.7 Å². The Hall–Kier alpha value is -2.48. The molecule has 2 N–H and O–H groups in total. The molecule has 144 valence electrons. The molecular weight excluding hydrogens is 422 g/mol. The first-order valence-electron chi connectivity index (χ1n) is 8.25. The standard InChI is InChI=1S/C19H19BrF2N2O3/c1-12(27-17-6-5-15(22)11-16(17)20)19(26)24-8-7-23-18(25)10-13-3-2-4-14(21)9-13/h2-6,9,11-12H,7-8,10H2,1H3,(H,23,25)(H,24,26). The summed E-state index contributed by atoms with van der Waals surface area (Å²) in [6.07, 6.45) is -0.737. The molecule has 5 nitrogen and oxygen atoms in total. The molecule has 0 aliphatic carbocycles. The van der Waals surface area contributed by atoms with Crippen molar-refractivity contribution in [1.82, 2.24) is 10.6 Å². The Morgan fingerprint density at radius 2 is 1.78 bits per heavy atom. The molecule has 0 radical (unpaired) electrons. The molecule has 0 heterocycles. The van der Waals surface area contributed by atoms with Crippen LogP contribution in [0.4, 0.5) is 8.78 Å². The predicted octanol–water partition coefficient (Wildman–Crippen LogP) is 2.97. The van der Waals surface area contributed by atoms with E-state index in [0.29, 0.717) is 15.8 Å². The van der Waals surface area contributed by atoms with Crippen molar-refractivity contribution < 1.29 is 23.1 Å². The fourth-order valence-corrected chi connectivity index (χ4v) is 2.69. The van der Waals surface area contributed by atoms with E-state index in [1.807, 2.05) is 0 Å². The molecule has 0 spiro atoms. The first-order chi connectivity index (χ1) is 12.8. The van der Waals surface area contributed by atoms with Gasteiger partial charge in [0.1, 0.15) is 17.4 Å². The van der Waals surface area contributed by atoms with Crippen molar-refractivity contribution in [2.45, 2.75) is 19.4 Å². The number of rotatable bonds is 8. The molecule has 1 unspecified atom stereocenters. The molecule has 0 aromatic heterocycles. The van der Waals surface area contributed by atoms with Crippen molar-refractivity contribution in [3.63, 3.8) is 0 Å². The summed E-state index contributed by atoms with van der Waals surface area (Å²) in [6, 6.07) is 9.72. The lowest BCUT2D eigenvalue weighted by Gasteiger charge is -2.16. The summed E-state index contributed by atoms with van der Waals surface area (Å²) in [5.41, 5.74) is 0.573. The van der Waals surface area contributed by atoms with Crippen LogP contribution in [0, 0.1) is 11.6 Å². The van der Waals surface area contributed by atoms with E-state index in [0.717, 1.165) is 0 Å². The number of amides is 2. The van der Waals surface area contributed by atoms with Gasteiger partial charge in [-0.3, -0.25) is 9.59 Å². The molecule has 2 aromatic carbocycles. The minimum atomic E-state index is -0.797. The maximum atomic E-state index is 13.1. The molecule has 0 bridgehead atoms. The highest BCUT2D eigenvalue weighted by molar-refractivity contribution is 9.10. The predicted molar refractivity (Wildman–Crippen MR) is 100 cm³/mol. The molecule has 0 saturated heterocycles. The van der Waals surface area contributed by atoms with E-state index in [2.05, 4.69) is 26.6 Å². The second-order valence-electron chi connectivity index (χ2n) is 5.78. The van der Waals surface area contributed by atoms with E-state index >= 15 is 0 Å². The number of carbonyl (C=O) groups excluding carboxylic acids is 2. The van der Waals surface area contributed by atoms with Gasteiger partial charge in [0, 0.05) is 13.1 Å². The van der Waals surface area contributed by atoms with Gasteiger partial charge in [-0.2, -0.15) is 0 Å². The number of carbonyl (C=O) groups is 2. The highest BCUT2D eigenvalue weighted by Gasteiger charge is 2.16. The third-order valence-electron chi connectivity index (χ3n) is 3.57. The SMILES string of the molecule is CC(Oc1ccc(F)cc1Br)C(=O)NCCNC(=O)Cc1cccc(F)c1. The summed E-state index contributed by atoms with van der Waals surface area (Å²) < 4.78 is 32.0. The number of hydrogen-bond acceptors (Lipinski definition) is 3. The zero-order valence-electron chi connectivity index (χ0n) is 14.6. The maximum absolute atomic E-state index is 13.1. The van der Waals surface area contributed by atoms with E-state index in [1.165, 1.54) is 30.3 Å². The van der Waals surface area contributed by atoms with Crippen LogP contribution in [0.5, 0.6) is 5.75 Å². The van der Waals surface area contributed by atoms with Gasteiger partial charge >= 0.3 is 0 Å². The van der Waals surface area contributed by atoms with Crippen LogP contribution in [0.2, 0.25) is 0 Å². The highest BCUT2D eigenvalue weighted by atomic mass is 79.9. The van der Waals surface area contributed by atoms with Gasteiger partial charge in [-0.15, -0.1) is 0 Å². The van der Waals surface area contributed by atoms with Crippen molar-refractivity contribution in [1.29, 1.82) is 0 Å². The lowest BCUT2D eigenvalue weighted by molar-refractivity contribution is -0.127. The molecule has 2 rings (SSSR count). The summed E-state index contributed by atoms with van der Waals surface area (Å²) in [6.45, 7) is 2.01. The van der Waals surface area contributed by atoms with Gasteiger partial charge < -0.3 is 15.4 Å². The Kier molecular flexibility index (Phi) is 7.72. The normalized spacial score (nSPS) is 11.6. The van der Waals surface area contributed by atoms with Crippen LogP contribution in [-0.4, -0.2) is 31.0 Å². The molecule has 1 atom stereocenters. The second kappa shape index (κ2) is 10.0. The third kappa shape index (κ3) is 6.97. The van der Waals surface area contributed by atoms with Gasteiger partial charge in [-0.25, -0.2) is 8.78 Å². The minimum absolute atomic E-state index is 0.0593. The zero-order valence-corrected chi connectivity index (χ0v) is 16.2. The van der Waals surface area contributed by atoms with E-state index < -0.39 is 17.7 Å². The molecule has 0 aliphatic heterocycles. The Bertz CT molecular complexity index is 817. The van der Waals surface area contributed by atoms with Gasteiger partial charge in [0.25, 0.3) is 5.91 Å². The summed E-state index contributed by atoms with van der Waals surface area (Å²) in [7, 11) is 0. The maximum Gasteiger partial charge on any atom is 0.260 e. The van der Waals surface area contributed by atoms with E-state index in [4.69, 9.17) is 4.74 Å². The van der Waals surface area contributed by atoms with Crippen molar-refractivity contribution in [3.8, 4) is 5.75 Å². The second-order valence-corrected chi connectivity index (χ2v) is 6.64.